The van der Waals surface area contributed by atoms with Gasteiger partial charge in [-0.3, -0.25) is 4.52 Å². The quantitative estimate of drug-likeness (QED) is 0.176. The van der Waals surface area contributed by atoms with Gasteiger partial charge in [-0.25, -0.2) is 4.57 Å². The lowest BCUT2D eigenvalue weighted by molar-refractivity contribution is 0.193. The maximum atomic E-state index is 10.4. The van der Waals surface area contributed by atoms with Gasteiger partial charge in [0.05, 0.1) is 6.61 Å². The normalized spacial score (nSPS) is 12.5. The lowest BCUT2D eigenvalue weighted by Gasteiger charge is -2.05. The second-order valence-electron chi connectivity index (χ2n) is 7.66. The summed E-state index contributed by atoms with van der Waals surface area (Å²) in [5.74, 6) is 0.900. The van der Waals surface area contributed by atoms with Crippen LogP contribution in [-0.2, 0) is 9.09 Å². The van der Waals surface area contributed by atoms with E-state index in [1.165, 1.54) is 77.0 Å². The molecule has 5 nitrogen and oxygen atoms in total. The smallest absolute Gasteiger partial charge is 0.330 e. The van der Waals surface area contributed by atoms with Crippen LogP contribution in [0.4, 0.5) is 0 Å². The largest absolute Gasteiger partial charge is 0.469 e. The highest BCUT2D eigenvalue weighted by atomic mass is 31.2. The van der Waals surface area contributed by atoms with Crippen molar-refractivity contribution in [2.45, 2.75) is 117 Å². The Bertz CT molecular complexity index is 323. The summed E-state index contributed by atoms with van der Waals surface area (Å²) in [6.07, 6.45) is 18.6. The van der Waals surface area contributed by atoms with Gasteiger partial charge in [-0.15, -0.1) is 0 Å². The molecule has 0 radical (unpaired) electrons. The lowest BCUT2D eigenvalue weighted by Crippen LogP contribution is -1.99. The Hall–Kier alpha value is 0.0700. The first-order chi connectivity index (χ1) is 12.9. The molecule has 0 rings (SSSR count). The molecule has 0 fully saturated rings. The van der Waals surface area contributed by atoms with Crippen LogP contribution in [-0.4, -0.2) is 22.9 Å². The Morgan fingerprint density at radius 2 is 1.30 bits per heavy atom. The predicted octanol–water partition coefficient (Wildman–Crippen LogP) is 6.57. The number of rotatable bonds is 18. The topological polar surface area (TPSA) is 92.8 Å². The van der Waals surface area contributed by atoms with Crippen LogP contribution >= 0.6 is 7.82 Å². The first-order valence-corrected chi connectivity index (χ1v) is 12.8. The SMILES string of the molecule is CCC(C)CCCCN.CCCCCCCCCCCCCOP(=O)(O)O. The van der Waals surface area contributed by atoms with E-state index >= 15 is 0 Å². The molecule has 0 bridgehead atoms. The van der Waals surface area contributed by atoms with Gasteiger partial charge in [0.1, 0.15) is 0 Å². The minimum Gasteiger partial charge on any atom is -0.330 e. The molecule has 0 aliphatic heterocycles. The molecule has 4 N–H and O–H groups in total. The fourth-order valence-electron chi connectivity index (χ4n) is 2.79. The molecule has 0 aromatic heterocycles. The fourth-order valence-corrected chi connectivity index (χ4v) is 3.16. The first kappa shape index (κ1) is 29.3. The van der Waals surface area contributed by atoms with Crippen molar-refractivity contribution >= 4 is 7.82 Å². The summed E-state index contributed by atoms with van der Waals surface area (Å²) in [5.41, 5.74) is 5.36. The Kier molecular flexibility index (Phi) is 24.2. The summed E-state index contributed by atoms with van der Waals surface area (Å²) in [7, 11) is -4.25. The molecule has 0 heterocycles. The number of phosphoric acid groups is 1. The predicted molar refractivity (Wildman–Crippen MR) is 117 cm³/mol. The zero-order valence-electron chi connectivity index (χ0n) is 18.3. The van der Waals surface area contributed by atoms with Crippen LogP contribution in [0.3, 0.4) is 0 Å². The lowest BCUT2D eigenvalue weighted by atomic mass is 10.0. The monoisotopic (exact) mass is 409 g/mol. The van der Waals surface area contributed by atoms with E-state index in [2.05, 4.69) is 25.3 Å². The van der Waals surface area contributed by atoms with Crippen molar-refractivity contribution in [1.29, 1.82) is 0 Å². The van der Waals surface area contributed by atoms with Crippen LogP contribution in [0.5, 0.6) is 0 Å². The molecule has 27 heavy (non-hydrogen) atoms. The third-order valence-corrected chi connectivity index (χ3v) is 5.37. The van der Waals surface area contributed by atoms with Gasteiger partial charge in [0.15, 0.2) is 0 Å². The molecule has 166 valence electrons. The van der Waals surface area contributed by atoms with Gasteiger partial charge in [0.25, 0.3) is 0 Å². The van der Waals surface area contributed by atoms with Crippen LogP contribution < -0.4 is 5.73 Å². The molecule has 0 saturated carbocycles. The molecular weight excluding hydrogens is 361 g/mol. The Labute approximate surface area is 169 Å². The number of unbranched alkanes of at least 4 members (excludes halogenated alkanes) is 11. The average Bonchev–Trinajstić information content (AvgIpc) is 2.62. The van der Waals surface area contributed by atoms with Gasteiger partial charge in [-0.1, -0.05) is 104 Å². The average molecular weight is 410 g/mol. The van der Waals surface area contributed by atoms with Gasteiger partial charge in [-0.2, -0.15) is 0 Å². The summed E-state index contributed by atoms with van der Waals surface area (Å²) in [6, 6.07) is 0. The molecule has 0 aliphatic rings. The van der Waals surface area contributed by atoms with Crippen LogP contribution in [0, 0.1) is 5.92 Å². The number of hydrogen-bond donors (Lipinski definition) is 3. The molecule has 0 spiro atoms. The van der Waals surface area contributed by atoms with Gasteiger partial charge in [0.2, 0.25) is 0 Å². The molecular formula is C21H48NO4P. The van der Waals surface area contributed by atoms with Gasteiger partial charge in [0, 0.05) is 0 Å². The molecule has 0 aliphatic carbocycles. The second-order valence-corrected chi connectivity index (χ2v) is 8.90. The van der Waals surface area contributed by atoms with Crippen molar-refractivity contribution in [1.82, 2.24) is 0 Å². The van der Waals surface area contributed by atoms with E-state index in [1.807, 2.05) is 0 Å². The van der Waals surface area contributed by atoms with E-state index in [0.717, 1.165) is 31.7 Å². The molecule has 1 atom stereocenters. The number of hydrogen-bond acceptors (Lipinski definition) is 3. The number of phosphoric ester groups is 1. The highest BCUT2D eigenvalue weighted by Gasteiger charge is 2.12. The van der Waals surface area contributed by atoms with E-state index in [-0.39, 0.29) is 6.61 Å². The van der Waals surface area contributed by atoms with E-state index < -0.39 is 7.82 Å². The molecule has 6 heteroatoms. The van der Waals surface area contributed by atoms with Gasteiger partial charge < -0.3 is 15.5 Å². The Morgan fingerprint density at radius 3 is 1.70 bits per heavy atom. The molecule has 0 aromatic carbocycles. The molecule has 1 unspecified atom stereocenters. The third kappa shape index (κ3) is 31.0. The summed E-state index contributed by atoms with van der Waals surface area (Å²) in [6.45, 7) is 7.80. The van der Waals surface area contributed by atoms with E-state index in [4.69, 9.17) is 15.5 Å². The van der Waals surface area contributed by atoms with Crippen molar-refractivity contribution in [3.8, 4) is 0 Å². The van der Waals surface area contributed by atoms with Crippen LogP contribution in [0.1, 0.15) is 117 Å². The minimum absolute atomic E-state index is 0.168. The molecule has 0 saturated heterocycles. The summed E-state index contributed by atoms with van der Waals surface area (Å²) >= 11 is 0. The zero-order valence-corrected chi connectivity index (χ0v) is 19.2. The Balaban J connectivity index is 0. The summed E-state index contributed by atoms with van der Waals surface area (Å²) < 4.78 is 14.8. The maximum absolute atomic E-state index is 10.4. The van der Waals surface area contributed by atoms with Crippen molar-refractivity contribution in [3.05, 3.63) is 0 Å². The second kappa shape index (κ2) is 22.4. The third-order valence-electron chi connectivity index (χ3n) is 4.86. The van der Waals surface area contributed by atoms with Crippen LogP contribution in [0.15, 0.2) is 0 Å². The van der Waals surface area contributed by atoms with Gasteiger partial charge >= 0.3 is 7.82 Å². The summed E-state index contributed by atoms with van der Waals surface area (Å²) in [4.78, 5) is 16.9. The maximum Gasteiger partial charge on any atom is 0.469 e. The fraction of sp³-hybridized carbons (Fsp3) is 1.00. The highest BCUT2D eigenvalue weighted by molar-refractivity contribution is 7.46. The van der Waals surface area contributed by atoms with Gasteiger partial charge in [-0.05, 0) is 25.3 Å². The Morgan fingerprint density at radius 1 is 0.815 bits per heavy atom. The first-order valence-electron chi connectivity index (χ1n) is 11.3. The molecule has 0 amide bonds. The van der Waals surface area contributed by atoms with Crippen molar-refractivity contribution < 1.29 is 18.9 Å². The minimum atomic E-state index is -4.25. The van der Waals surface area contributed by atoms with Crippen molar-refractivity contribution in [2.75, 3.05) is 13.2 Å². The van der Waals surface area contributed by atoms with Crippen molar-refractivity contribution in [2.24, 2.45) is 11.7 Å². The summed E-state index contributed by atoms with van der Waals surface area (Å²) in [5, 5.41) is 0. The van der Waals surface area contributed by atoms with E-state index in [1.54, 1.807) is 0 Å². The van der Waals surface area contributed by atoms with Crippen LogP contribution in [0.25, 0.3) is 0 Å². The standard InChI is InChI=1S/C13H29O4P.C8H19N/c1-2-3-4-5-6-7-8-9-10-11-12-13-17-18(14,15)16;1-3-8(2)6-4-5-7-9/h2-13H2,1H3,(H2,14,15,16);8H,3-7,9H2,1-2H3. The van der Waals surface area contributed by atoms with Crippen molar-refractivity contribution in [3.63, 3.8) is 0 Å². The van der Waals surface area contributed by atoms with E-state index in [0.29, 0.717) is 0 Å². The van der Waals surface area contributed by atoms with Crippen LogP contribution in [0.2, 0.25) is 0 Å². The zero-order chi connectivity index (χ0) is 20.8. The highest BCUT2D eigenvalue weighted by Crippen LogP contribution is 2.35. The van der Waals surface area contributed by atoms with E-state index in [9.17, 15) is 4.57 Å². The molecule has 0 aromatic rings. The number of nitrogens with two attached hydrogens (primary N) is 1.